The molecule has 204 valence electrons. The van der Waals surface area contributed by atoms with Gasteiger partial charge in [0.15, 0.2) is 15.7 Å². The van der Waals surface area contributed by atoms with Crippen molar-refractivity contribution in [2.45, 2.75) is 19.6 Å². The van der Waals surface area contributed by atoms with Crippen LogP contribution >= 0.6 is 0 Å². The van der Waals surface area contributed by atoms with Gasteiger partial charge in [-0.1, -0.05) is 6.07 Å². The highest BCUT2D eigenvalue weighted by atomic mass is 32.2. The van der Waals surface area contributed by atoms with E-state index in [1.54, 1.807) is 19.2 Å². The number of nitrogens with one attached hydrogen (secondary N) is 1. The predicted molar refractivity (Wildman–Crippen MR) is 145 cm³/mol. The van der Waals surface area contributed by atoms with Gasteiger partial charge in [-0.25, -0.2) is 28.4 Å². The molecule has 2 aliphatic heterocycles. The molecule has 3 aromatic rings. The second kappa shape index (κ2) is 11.4. The Morgan fingerprint density at radius 2 is 1.74 bits per heavy atom. The van der Waals surface area contributed by atoms with E-state index in [0.29, 0.717) is 47.3 Å². The van der Waals surface area contributed by atoms with Gasteiger partial charge in [-0.15, -0.1) is 0 Å². The van der Waals surface area contributed by atoms with Gasteiger partial charge in [0.2, 0.25) is 5.95 Å². The summed E-state index contributed by atoms with van der Waals surface area (Å²) < 4.78 is 23.9. The summed E-state index contributed by atoms with van der Waals surface area (Å²) in [7, 11) is -3.06. The number of sulfone groups is 1. The third kappa shape index (κ3) is 6.35. The van der Waals surface area contributed by atoms with Crippen LogP contribution in [0.15, 0.2) is 30.6 Å². The summed E-state index contributed by atoms with van der Waals surface area (Å²) in [4.78, 5) is 24.9. The van der Waals surface area contributed by atoms with Crippen LogP contribution in [0.5, 0.6) is 0 Å². The predicted octanol–water partition coefficient (Wildman–Crippen LogP) is 0.561. The summed E-state index contributed by atoms with van der Waals surface area (Å²) in [5.74, 6) is 1.62. The molecule has 5 rings (SSSR count). The van der Waals surface area contributed by atoms with Crippen LogP contribution in [0.2, 0.25) is 0 Å². The molecule has 0 bridgehead atoms. The summed E-state index contributed by atoms with van der Waals surface area (Å²) in [5, 5.41) is 23.1. The first-order valence-corrected chi connectivity index (χ1v) is 14.7. The topological polar surface area (TPSA) is 148 Å². The van der Waals surface area contributed by atoms with E-state index < -0.39 is 15.9 Å². The molecule has 2 fully saturated rings. The van der Waals surface area contributed by atoms with Crippen molar-refractivity contribution in [1.82, 2.24) is 29.7 Å². The number of nitrogens with zero attached hydrogens (tertiary/aromatic N) is 7. The lowest BCUT2D eigenvalue weighted by Gasteiger charge is -2.34. The number of aromatic nitrogens is 4. The molecule has 0 amide bonds. The van der Waals surface area contributed by atoms with Gasteiger partial charge in [0.05, 0.1) is 29.9 Å². The van der Waals surface area contributed by atoms with Gasteiger partial charge >= 0.3 is 0 Å². The van der Waals surface area contributed by atoms with E-state index in [9.17, 15) is 13.5 Å². The van der Waals surface area contributed by atoms with Crippen LogP contribution in [-0.4, -0.2) is 112 Å². The van der Waals surface area contributed by atoms with Crippen molar-refractivity contribution in [3.8, 4) is 0 Å². The Morgan fingerprint density at radius 1 is 1.00 bits per heavy atom. The lowest BCUT2D eigenvalue weighted by Crippen LogP contribution is -2.46. The fraction of sp³-hybridized carbons (Fsp3) is 0.520. The minimum Gasteiger partial charge on any atom is -0.395 e. The standard InChI is InChI=1S/C25H34N8O4S/c1-18(35)21-14-20-16-27-25(30-23(20)24(28-21)33-9-12-38(36,37)13-10-33)29-22-3-2-19(15-26-22)17-32-6-4-31(5-7-32)8-11-34/h2-3,14-16,18,34-35H,4-13,17H2,1H3,(H,26,27,29,30)/t18-/m1/s1. The lowest BCUT2D eigenvalue weighted by molar-refractivity contribution is 0.108. The highest BCUT2D eigenvalue weighted by Crippen LogP contribution is 2.28. The number of aliphatic hydroxyl groups excluding tert-OH is 2. The molecule has 2 saturated heterocycles. The highest BCUT2D eigenvalue weighted by molar-refractivity contribution is 7.91. The van der Waals surface area contributed by atoms with Crippen molar-refractivity contribution in [2.75, 3.05) is 74.1 Å². The van der Waals surface area contributed by atoms with Gasteiger partial charge in [-0.3, -0.25) is 9.80 Å². The molecule has 5 heterocycles. The molecule has 3 aromatic heterocycles. The number of piperazine rings is 1. The van der Waals surface area contributed by atoms with Gasteiger partial charge < -0.3 is 20.4 Å². The van der Waals surface area contributed by atoms with E-state index in [1.165, 1.54) is 0 Å². The number of aliphatic hydroxyl groups is 2. The Hall–Kier alpha value is -2.97. The Bertz CT molecular complexity index is 1350. The second-order valence-electron chi connectivity index (χ2n) is 9.84. The van der Waals surface area contributed by atoms with Crippen molar-refractivity contribution in [3.63, 3.8) is 0 Å². The number of anilines is 3. The fourth-order valence-corrected chi connectivity index (χ4v) is 5.94. The number of β-amino-alcohol motifs (C(OH)–C–C–N with tert-alkyl or cyclic N) is 1. The number of rotatable bonds is 8. The zero-order valence-electron chi connectivity index (χ0n) is 21.5. The minimum absolute atomic E-state index is 0.0554. The largest absolute Gasteiger partial charge is 0.395 e. The molecule has 3 N–H and O–H groups in total. The molecule has 12 nitrogen and oxygen atoms in total. The zero-order chi connectivity index (χ0) is 26.7. The van der Waals surface area contributed by atoms with Crippen LogP contribution in [0.4, 0.5) is 17.6 Å². The van der Waals surface area contributed by atoms with Crippen molar-refractivity contribution < 1.29 is 18.6 Å². The quantitative estimate of drug-likeness (QED) is 0.365. The fourth-order valence-electron chi connectivity index (χ4n) is 4.74. The zero-order valence-corrected chi connectivity index (χ0v) is 22.3. The molecule has 2 aliphatic rings. The summed E-state index contributed by atoms with van der Waals surface area (Å²) in [6.45, 7) is 7.85. The third-order valence-corrected chi connectivity index (χ3v) is 8.60. The Kier molecular flexibility index (Phi) is 8.00. The number of hydrogen-bond donors (Lipinski definition) is 3. The van der Waals surface area contributed by atoms with Crippen LogP contribution in [0.3, 0.4) is 0 Å². The maximum atomic E-state index is 12.0. The maximum Gasteiger partial charge on any atom is 0.229 e. The van der Waals surface area contributed by atoms with E-state index in [-0.39, 0.29) is 18.1 Å². The monoisotopic (exact) mass is 542 g/mol. The van der Waals surface area contributed by atoms with Crippen LogP contribution in [-0.2, 0) is 16.4 Å². The second-order valence-corrected chi connectivity index (χ2v) is 12.1. The normalized spacial score (nSPS) is 19.5. The molecule has 0 unspecified atom stereocenters. The SMILES string of the molecule is C[C@@H](O)c1cc2cnc(Nc3ccc(CN4CCN(CCO)CC4)cn3)nc2c(N2CCS(=O)(=O)CC2)n1. The molecule has 0 spiro atoms. The third-order valence-electron chi connectivity index (χ3n) is 6.99. The van der Waals surface area contributed by atoms with Crippen molar-refractivity contribution in [3.05, 3.63) is 41.9 Å². The van der Waals surface area contributed by atoms with Gasteiger partial charge in [-0.05, 0) is 24.6 Å². The summed E-state index contributed by atoms with van der Waals surface area (Å²) in [6.07, 6.45) is 2.74. The average molecular weight is 543 g/mol. The molecular formula is C25H34N8O4S. The number of hydrogen-bond acceptors (Lipinski definition) is 12. The Morgan fingerprint density at radius 3 is 2.39 bits per heavy atom. The van der Waals surface area contributed by atoms with Crippen LogP contribution in [0.25, 0.3) is 10.9 Å². The first-order chi connectivity index (χ1) is 18.3. The molecule has 38 heavy (non-hydrogen) atoms. The smallest absolute Gasteiger partial charge is 0.229 e. The molecule has 0 aliphatic carbocycles. The summed E-state index contributed by atoms with van der Waals surface area (Å²) in [6, 6.07) is 5.69. The average Bonchev–Trinajstić information content (AvgIpc) is 2.90. The van der Waals surface area contributed by atoms with Gasteiger partial charge in [0.1, 0.15) is 11.3 Å². The van der Waals surface area contributed by atoms with Crippen LogP contribution < -0.4 is 10.2 Å². The molecule has 0 radical (unpaired) electrons. The first kappa shape index (κ1) is 26.6. The van der Waals surface area contributed by atoms with E-state index in [4.69, 9.17) is 10.1 Å². The Balaban J connectivity index is 1.31. The van der Waals surface area contributed by atoms with E-state index >= 15 is 0 Å². The minimum atomic E-state index is -3.06. The molecule has 13 heteroatoms. The van der Waals surface area contributed by atoms with E-state index in [2.05, 4.69) is 30.1 Å². The lowest BCUT2D eigenvalue weighted by atomic mass is 10.2. The van der Waals surface area contributed by atoms with Gasteiger partial charge in [0.25, 0.3) is 0 Å². The van der Waals surface area contributed by atoms with E-state index in [0.717, 1.165) is 44.8 Å². The highest BCUT2D eigenvalue weighted by Gasteiger charge is 2.25. The molecular weight excluding hydrogens is 508 g/mol. The van der Waals surface area contributed by atoms with Crippen LogP contribution in [0.1, 0.15) is 24.3 Å². The maximum absolute atomic E-state index is 12.0. The molecule has 0 aromatic carbocycles. The van der Waals surface area contributed by atoms with Gasteiger partial charge in [-0.2, -0.15) is 0 Å². The number of fused-ring (bicyclic) bond motifs is 1. The summed E-state index contributed by atoms with van der Waals surface area (Å²) >= 11 is 0. The number of pyridine rings is 2. The molecule has 0 saturated carbocycles. The Labute approximate surface area is 222 Å². The van der Waals surface area contributed by atoms with Gasteiger partial charge in [0, 0.05) is 70.1 Å². The van der Waals surface area contributed by atoms with Crippen LogP contribution in [0, 0.1) is 0 Å². The van der Waals surface area contributed by atoms with Crippen molar-refractivity contribution in [2.24, 2.45) is 0 Å². The summed E-state index contributed by atoms with van der Waals surface area (Å²) in [5.41, 5.74) is 2.18. The van der Waals surface area contributed by atoms with Crippen molar-refractivity contribution >= 4 is 38.3 Å². The van der Waals surface area contributed by atoms with Crippen molar-refractivity contribution in [1.29, 1.82) is 0 Å². The first-order valence-electron chi connectivity index (χ1n) is 12.9. The molecule has 1 atom stereocenters. The van der Waals surface area contributed by atoms with E-state index in [1.807, 2.05) is 23.2 Å².